The number of fused-ring (bicyclic) bond motifs is 2. The van der Waals surface area contributed by atoms with Crippen molar-refractivity contribution in [3.05, 3.63) is 0 Å². The molecule has 2 fully saturated rings. The van der Waals surface area contributed by atoms with Crippen molar-refractivity contribution < 1.29 is 24.3 Å². The minimum absolute atomic E-state index is 0.123. The molecular weight excluding hydrogens is 252 g/mol. The topological polar surface area (TPSA) is 118 Å². The summed E-state index contributed by atoms with van der Waals surface area (Å²) in [5.41, 5.74) is 4.99. The Labute approximate surface area is 109 Å². The van der Waals surface area contributed by atoms with E-state index in [1.54, 1.807) is 0 Å². The molecule has 1 aliphatic carbocycles. The van der Waals surface area contributed by atoms with Gasteiger partial charge in [-0.1, -0.05) is 0 Å². The Kier molecular flexibility index (Phi) is 3.55. The second kappa shape index (κ2) is 4.99. The first-order chi connectivity index (χ1) is 8.91. The van der Waals surface area contributed by atoms with Gasteiger partial charge in [-0.3, -0.25) is 19.3 Å². The number of carbonyl (C=O) groups is 4. The second-order valence-corrected chi connectivity index (χ2v) is 5.11. The molecule has 3 unspecified atom stereocenters. The number of piperidine rings is 1. The molecule has 1 aliphatic heterocycles. The van der Waals surface area contributed by atoms with Crippen LogP contribution in [0.25, 0.3) is 0 Å². The molecule has 2 rings (SSSR count). The summed E-state index contributed by atoms with van der Waals surface area (Å²) < 4.78 is 0. The second-order valence-electron chi connectivity index (χ2n) is 5.11. The zero-order valence-corrected chi connectivity index (χ0v) is 10.4. The number of carboxylic acid groups (broad SMARTS) is 1. The van der Waals surface area contributed by atoms with Gasteiger partial charge < -0.3 is 10.8 Å². The molecule has 2 bridgehead atoms. The van der Waals surface area contributed by atoms with Crippen LogP contribution in [0, 0.1) is 11.8 Å². The van der Waals surface area contributed by atoms with Gasteiger partial charge in [0.1, 0.15) is 6.04 Å². The number of aliphatic carboxylic acids is 1. The molecule has 2 aliphatic rings. The number of rotatable bonds is 5. The highest BCUT2D eigenvalue weighted by Crippen LogP contribution is 2.39. The zero-order valence-electron chi connectivity index (χ0n) is 10.4. The first kappa shape index (κ1) is 13.5. The average molecular weight is 268 g/mol. The standard InChI is InChI=1S/C12H16N2O5/c13-9(15)4-3-8(12(18)19)14-10(16)6-1-2-7(5-6)11(14)17/h6-8H,1-5H2,(H2,13,15)(H,18,19). The van der Waals surface area contributed by atoms with Crippen molar-refractivity contribution in [2.75, 3.05) is 0 Å². The van der Waals surface area contributed by atoms with E-state index in [2.05, 4.69) is 0 Å². The van der Waals surface area contributed by atoms with Crippen LogP contribution in [0.5, 0.6) is 0 Å². The Morgan fingerprint density at radius 3 is 2.21 bits per heavy atom. The third-order valence-corrected chi connectivity index (χ3v) is 3.87. The molecule has 0 spiro atoms. The number of carbonyl (C=O) groups excluding carboxylic acids is 3. The molecule has 1 saturated carbocycles. The molecule has 0 aromatic carbocycles. The van der Waals surface area contributed by atoms with Gasteiger partial charge >= 0.3 is 5.97 Å². The van der Waals surface area contributed by atoms with E-state index in [1.807, 2.05) is 0 Å². The Morgan fingerprint density at radius 1 is 1.26 bits per heavy atom. The molecule has 0 aromatic rings. The average Bonchev–Trinajstić information content (AvgIpc) is 2.77. The van der Waals surface area contributed by atoms with Crippen LogP contribution in [-0.2, 0) is 19.2 Å². The fourth-order valence-electron chi connectivity index (χ4n) is 2.88. The van der Waals surface area contributed by atoms with Gasteiger partial charge in [-0.2, -0.15) is 0 Å². The summed E-state index contributed by atoms with van der Waals surface area (Å²) in [6.45, 7) is 0. The molecule has 7 nitrogen and oxygen atoms in total. The first-order valence-electron chi connectivity index (χ1n) is 6.30. The molecule has 104 valence electrons. The molecule has 3 atom stereocenters. The van der Waals surface area contributed by atoms with Crippen LogP contribution in [0.2, 0.25) is 0 Å². The number of nitrogens with zero attached hydrogens (tertiary/aromatic N) is 1. The summed E-state index contributed by atoms with van der Waals surface area (Å²) in [6.07, 6.45) is 1.50. The van der Waals surface area contributed by atoms with E-state index in [0.29, 0.717) is 19.3 Å². The van der Waals surface area contributed by atoms with Crippen LogP contribution in [0.4, 0.5) is 0 Å². The molecule has 3 amide bonds. The molecule has 1 saturated heterocycles. The summed E-state index contributed by atoms with van der Waals surface area (Å²) in [6, 6.07) is -1.28. The lowest BCUT2D eigenvalue weighted by molar-refractivity contribution is -0.164. The molecule has 19 heavy (non-hydrogen) atoms. The van der Waals surface area contributed by atoms with Gasteiger partial charge in [0, 0.05) is 18.3 Å². The predicted octanol–water partition coefficient (Wildman–Crippen LogP) is -0.510. The largest absolute Gasteiger partial charge is 0.480 e. The van der Waals surface area contributed by atoms with Gasteiger partial charge in [-0.15, -0.1) is 0 Å². The number of nitrogens with two attached hydrogens (primary N) is 1. The van der Waals surface area contributed by atoms with Crippen molar-refractivity contribution in [3.8, 4) is 0 Å². The Bertz CT molecular complexity index is 425. The monoisotopic (exact) mass is 268 g/mol. The number of carboxylic acids is 1. The van der Waals surface area contributed by atoms with Crippen LogP contribution in [0.15, 0.2) is 0 Å². The third-order valence-electron chi connectivity index (χ3n) is 3.87. The minimum atomic E-state index is -1.28. The number of hydrogen-bond acceptors (Lipinski definition) is 4. The van der Waals surface area contributed by atoms with Crippen molar-refractivity contribution in [2.45, 2.75) is 38.1 Å². The lowest BCUT2D eigenvalue weighted by Gasteiger charge is -2.33. The van der Waals surface area contributed by atoms with Crippen molar-refractivity contribution in [2.24, 2.45) is 17.6 Å². The Hall–Kier alpha value is -1.92. The predicted molar refractivity (Wildman–Crippen MR) is 62.5 cm³/mol. The van der Waals surface area contributed by atoms with Crippen LogP contribution >= 0.6 is 0 Å². The van der Waals surface area contributed by atoms with Gasteiger partial charge in [0.15, 0.2) is 0 Å². The van der Waals surface area contributed by atoms with Crippen molar-refractivity contribution >= 4 is 23.7 Å². The van der Waals surface area contributed by atoms with Crippen molar-refractivity contribution in [1.29, 1.82) is 0 Å². The summed E-state index contributed by atoms with van der Waals surface area (Å²) in [5, 5.41) is 9.17. The van der Waals surface area contributed by atoms with E-state index in [-0.39, 0.29) is 24.7 Å². The van der Waals surface area contributed by atoms with E-state index in [9.17, 15) is 19.2 Å². The van der Waals surface area contributed by atoms with Crippen LogP contribution in [-0.4, -0.2) is 39.7 Å². The minimum Gasteiger partial charge on any atom is -0.480 e. The smallest absolute Gasteiger partial charge is 0.326 e. The van der Waals surface area contributed by atoms with Crippen molar-refractivity contribution in [3.63, 3.8) is 0 Å². The molecule has 7 heteroatoms. The van der Waals surface area contributed by atoms with Crippen LogP contribution < -0.4 is 5.73 Å². The number of imide groups is 1. The first-order valence-corrected chi connectivity index (χ1v) is 6.30. The molecule has 0 aromatic heterocycles. The molecule has 0 radical (unpaired) electrons. The molecule has 1 heterocycles. The number of primary amides is 1. The van der Waals surface area contributed by atoms with Gasteiger partial charge in [0.2, 0.25) is 17.7 Å². The molecule has 3 N–H and O–H groups in total. The highest BCUT2D eigenvalue weighted by Gasteiger charge is 2.49. The number of amides is 3. The molecular formula is C12H16N2O5. The Balaban J connectivity index is 2.20. The van der Waals surface area contributed by atoms with Gasteiger partial charge in [0.05, 0.1) is 0 Å². The lowest BCUT2D eigenvalue weighted by atomic mass is 9.94. The van der Waals surface area contributed by atoms with Gasteiger partial charge in [0.25, 0.3) is 0 Å². The summed E-state index contributed by atoms with van der Waals surface area (Å²) in [4.78, 5) is 47.1. The summed E-state index contributed by atoms with van der Waals surface area (Å²) in [7, 11) is 0. The van der Waals surface area contributed by atoms with Crippen molar-refractivity contribution in [1.82, 2.24) is 4.90 Å². The van der Waals surface area contributed by atoms with Crippen LogP contribution in [0.1, 0.15) is 32.1 Å². The van der Waals surface area contributed by atoms with E-state index in [1.165, 1.54) is 0 Å². The quantitative estimate of drug-likeness (QED) is 0.651. The van der Waals surface area contributed by atoms with E-state index < -0.39 is 29.7 Å². The maximum atomic E-state index is 12.1. The fraction of sp³-hybridized carbons (Fsp3) is 0.667. The normalized spacial score (nSPS) is 27.5. The number of likely N-dealkylation sites (tertiary alicyclic amines) is 1. The van der Waals surface area contributed by atoms with Gasteiger partial charge in [-0.05, 0) is 25.7 Å². The van der Waals surface area contributed by atoms with E-state index >= 15 is 0 Å². The maximum Gasteiger partial charge on any atom is 0.326 e. The fourth-order valence-corrected chi connectivity index (χ4v) is 2.88. The number of hydrogen-bond donors (Lipinski definition) is 2. The summed E-state index contributed by atoms with van der Waals surface area (Å²) in [5.74, 6) is -3.27. The van der Waals surface area contributed by atoms with E-state index in [4.69, 9.17) is 10.8 Å². The van der Waals surface area contributed by atoms with Crippen LogP contribution in [0.3, 0.4) is 0 Å². The van der Waals surface area contributed by atoms with E-state index in [0.717, 1.165) is 4.90 Å². The maximum absolute atomic E-state index is 12.1. The van der Waals surface area contributed by atoms with Gasteiger partial charge in [-0.25, -0.2) is 4.79 Å². The highest BCUT2D eigenvalue weighted by molar-refractivity contribution is 6.04. The zero-order chi connectivity index (χ0) is 14.2. The lowest BCUT2D eigenvalue weighted by Crippen LogP contribution is -2.54. The highest BCUT2D eigenvalue weighted by atomic mass is 16.4. The summed E-state index contributed by atoms with van der Waals surface area (Å²) >= 11 is 0. The Morgan fingerprint density at radius 2 is 1.79 bits per heavy atom. The SMILES string of the molecule is NC(=O)CCC(C(=O)O)N1C(=O)C2CCC(C2)C1=O. The third kappa shape index (κ3) is 2.45.